The highest BCUT2D eigenvalue weighted by Gasteiger charge is 2.26. The number of methoxy groups -OCH3 is 1. The summed E-state index contributed by atoms with van der Waals surface area (Å²) in [5, 5.41) is 7.36. The molecule has 2 N–H and O–H groups in total. The Morgan fingerprint density at radius 3 is 2.59 bits per heavy atom. The van der Waals surface area contributed by atoms with Gasteiger partial charge in [0.15, 0.2) is 0 Å². The summed E-state index contributed by atoms with van der Waals surface area (Å²) >= 11 is 3.48. The summed E-state index contributed by atoms with van der Waals surface area (Å²) < 4.78 is 16.5. The molecule has 1 amide bonds. The number of amides is 1. The Kier molecular flexibility index (Phi) is 11.9. The third-order valence-corrected chi connectivity index (χ3v) is 6.42. The van der Waals surface area contributed by atoms with Crippen molar-refractivity contribution in [1.82, 2.24) is 14.9 Å². The Morgan fingerprint density at radius 2 is 1.88 bits per heavy atom. The van der Waals surface area contributed by atoms with Crippen molar-refractivity contribution in [2.24, 2.45) is 5.92 Å². The molecule has 1 aromatic heterocycles. The molecule has 0 aliphatic carbocycles. The summed E-state index contributed by atoms with van der Waals surface area (Å²) in [5.74, 6) is -1.01. The van der Waals surface area contributed by atoms with Gasteiger partial charge in [-0.3, -0.25) is 14.4 Å². The summed E-state index contributed by atoms with van der Waals surface area (Å²) in [6.45, 7) is 4.08. The fourth-order valence-corrected chi connectivity index (χ4v) is 4.37. The fourth-order valence-electron chi connectivity index (χ4n) is 3.97. The summed E-state index contributed by atoms with van der Waals surface area (Å²) in [7, 11) is 3.13. The van der Waals surface area contributed by atoms with Crippen LogP contribution in [0.1, 0.15) is 20.3 Å². The minimum Gasteiger partial charge on any atom is -0.495 e. The van der Waals surface area contributed by atoms with E-state index in [2.05, 4.69) is 36.5 Å². The van der Waals surface area contributed by atoms with E-state index < -0.39 is 17.9 Å². The van der Waals surface area contributed by atoms with Crippen LogP contribution >= 0.6 is 15.9 Å². The molecule has 0 radical (unpaired) electrons. The molecule has 0 aliphatic heterocycles. The molecule has 3 aromatic rings. The van der Waals surface area contributed by atoms with E-state index in [4.69, 9.17) is 14.2 Å². The molecule has 3 rings (SSSR count). The number of halogens is 1. The molecular weight excluding hydrogens is 594 g/mol. The number of rotatable bonds is 14. The summed E-state index contributed by atoms with van der Waals surface area (Å²) in [5.41, 5.74) is 2.25. The lowest BCUT2D eigenvalue weighted by Crippen LogP contribution is -2.36. The number of nitrogens with zero attached hydrogens (tertiary/aromatic N) is 3. The van der Waals surface area contributed by atoms with E-state index >= 15 is 0 Å². The standard InChI is InChI=1S/C29H34BrN5O6/c1-5-40-27(37)13-19(29(38)41-6-2)17-35(3)26(36)11-8-12-31-24-15-22-23(16-25(24)39-4)32-18-33-28(22)34-21-10-7-9-20(30)14-21/h7-11,14-16,18-19,31H,5-6,12-13,17H2,1-4H3,(H,32,33,34). The number of nitrogens with one attached hydrogen (secondary N) is 2. The highest BCUT2D eigenvalue weighted by atomic mass is 79.9. The number of likely N-dealkylation sites (N-methyl/N-ethyl adjacent to an activating group) is 1. The van der Waals surface area contributed by atoms with Gasteiger partial charge in [0.05, 0.1) is 43.9 Å². The Morgan fingerprint density at radius 1 is 1.10 bits per heavy atom. The summed E-state index contributed by atoms with van der Waals surface area (Å²) in [6, 6.07) is 11.4. The van der Waals surface area contributed by atoms with Crippen molar-refractivity contribution >= 4 is 61.9 Å². The first-order valence-electron chi connectivity index (χ1n) is 13.1. The van der Waals surface area contributed by atoms with Gasteiger partial charge < -0.3 is 29.7 Å². The van der Waals surface area contributed by atoms with Crippen LogP contribution < -0.4 is 15.4 Å². The molecule has 0 saturated carbocycles. The van der Waals surface area contributed by atoms with Gasteiger partial charge in [0, 0.05) is 47.8 Å². The molecule has 1 unspecified atom stereocenters. The Bertz CT molecular complexity index is 1400. The van der Waals surface area contributed by atoms with Gasteiger partial charge in [0.1, 0.15) is 17.9 Å². The predicted molar refractivity (Wildman–Crippen MR) is 160 cm³/mol. The summed E-state index contributed by atoms with van der Waals surface area (Å²) in [4.78, 5) is 47.1. The van der Waals surface area contributed by atoms with E-state index in [1.54, 1.807) is 34.1 Å². The smallest absolute Gasteiger partial charge is 0.311 e. The molecular formula is C29H34BrN5O6. The fraction of sp³-hybridized carbons (Fsp3) is 0.345. The molecule has 11 nitrogen and oxygen atoms in total. The monoisotopic (exact) mass is 627 g/mol. The molecule has 0 aliphatic rings. The van der Waals surface area contributed by atoms with Crippen molar-refractivity contribution in [2.45, 2.75) is 20.3 Å². The zero-order chi connectivity index (χ0) is 29.8. The van der Waals surface area contributed by atoms with Crippen LogP contribution in [-0.4, -0.2) is 73.2 Å². The van der Waals surface area contributed by atoms with Crippen LogP contribution in [-0.2, 0) is 23.9 Å². The number of fused-ring (bicyclic) bond motifs is 1. The number of hydrogen-bond donors (Lipinski definition) is 2. The van der Waals surface area contributed by atoms with E-state index in [0.717, 1.165) is 15.5 Å². The van der Waals surface area contributed by atoms with Gasteiger partial charge in [0.25, 0.3) is 0 Å². The van der Waals surface area contributed by atoms with Crippen molar-refractivity contribution in [3.8, 4) is 5.75 Å². The maximum Gasteiger partial charge on any atom is 0.311 e. The van der Waals surface area contributed by atoms with E-state index in [9.17, 15) is 14.4 Å². The molecule has 0 saturated heterocycles. The van der Waals surface area contributed by atoms with Gasteiger partial charge in [-0.2, -0.15) is 0 Å². The van der Waals surface area contributed by atoms with Crippen LogP contribution in [0.15, 0.2) is 59.4 Å². The van der Waals surface area contributed by atoms with Gasteiger partial charge in [-0.1, -0.05) is 28.1 Å². The van der Waals surface area contributed by atoms with Gasteiger partial charge in [0.2, 0.25) is 5.91 Å². The van der Waals surface area contributed by atoms with Crippen LogP contribution in [0.25, 0.3) is 10.9 Å². The van der Waals surface area contributed by atoms with E-state index in [0.29, 0.717) is 29.3 Å². The van der Waals surface area contributed by atoms with Crippen LogP contribution in [0.4, 0.5) is 17.2 Å². The first kappa shape index (κ1) is 31.3. The molecule has 2 aromatic carbocycles. The molecule has 1 heterocycles. The van der Waals surface area contributed by atoms with Gasteiger partial charge in [-0.05, 0) is 38.1 Å². The van der Waals surface area contributed by atoms with E-state index in [1.807, 2.05) is 36.4 Å². The van der Waals surface area contributed by atoms with Crippen molar-refractivity contribution in [2.75, 3.05) is 51.1 Å². The van der Waals surface area contributed by atoms with Crippen LogP contribution in [0, 0.1) is 5.92 Å². The quantitative estimate of drug-likeness (QED) is 0.191. The van der Waals surface area contributed by atoms with Gasteiger partial charge in [-0.25, -0.2) is 9.97 Å². The maximum absolute atomic E-state index is 12.7. The minimum atomic E-state index is -0.821. The number of hydrogen-bond acceptors (Lipinski definition) is 10. The zero-order valence-electron chi connectivity index (χ0n) is 23.5. The lowest BCUT2D eigenvalue weighted by atomic mass is 10.1. The molecule has 0 spiro atoms. The van der Waals surface area contributed by atoms with E-state index in [-0.39, 0.29) is 32.1 Å². The number of carbonyl (C=O) groups excluding carboxylic acids is 3. The van der Waals surface area contributed by atoms with Crippen LogP contribution in [0.3, 0.4) is 0 Å². The molecule has 41 heavy (non-hydrogen) atoms. The number of ether oxygens (including phenoxy) is 3. The minimum absolute atomic E-state index is 0.0144. The Balaban J connectivity index is 1.68. The Hall–Kier alpha value is -4.19. The average molecular weight is 629 g/mol. The van der Waals surface area contributed by atoms with E-state index in [1.165, 1.54) is 17.3 Å². The number of esters is 2. The second-order valence-corrected chi connectivity index (χ2v) is 9.80. The molecule has 1 atom stereocenters. The Labute approximate surface area is 247 Å². The van der Waals surface area contributed by atoms with Gasteiger partial charge >= 0.3 is 11.9 Å². The van der Waals surface area contributed by atoms with Crippen molar-refractivity contribution in [3.05, 3.63) is 59.4 Å². The molecule has 0 bridgehead atoms. The number of benzene rings is 2. The SMILES string of the molecule is CCOC(=O)CC(CN(C)C(=O)C=CCNc1cc2c(Nc3cccc(Br)c3)ncnc2cc1OC)C(=O)OCC. The first-order chi connectivity index (χ1) is 19.7. The highest BCUT2D eigenvalue weighted by molar-refractivity contribution is 9.10. The number of carbonyl (C=O) groups is 3. The molecule has 0 fully saturated rings. The normalized spacial score (nSPS) is 11.6. The summed E-state index contributed by atoms with van der Waals surface area (Å²) in [6.07, 6.45) is 4.38. The van der Waals surface area contributed by atoms with Crippen LogP contribution in [0.2, 0.25) is 0 Å². The van der Waals surface area contributed by atoms with Gasteiger partial charge in [-0.15, -0.1) is 0 Å². The lowest BCUT2D eigenvalue weighted by molar-refractivity contribution is -0.155. The molecule has 12 heteroatoms. The number of aromatic nitrogens is 2. The maximum atomic E-state index is 12.7. The van der Waals surface area contributed by atoms with Crippen molar-refractivity contribution in [1.29, 1.82) is 0 Å². The topological polar surface area (TPSA) is 132 Å². The predicted octanol–water partition coefficient (Wildman–Crippen LogP) is 4.70. The lowest BCUT2D eigenvalue weighted by Gasteiger charge is -2.21. The molecule has 218 valence electrons. The third kappa shape index (κ3) is 9.17. The average Bonchev–Trinajstić information content (AvgIpc) is 2.95. The third-order valence-electron chi connectivity index (χ3n) is 5.92. The highest BCUT2D eigenvalue weighted by Crippen LogP contribution is 2.33. The van der Waals surface area contributed by atoms with Crippen LogP contribution in [0.5, 0.6) is 5.75 Å². The first-order valence-corrected chi connectivity index (χ1v) is 13.9. The largest absolute Gasteiger partial charge is 0.495 e. The second kappa shape index (κ2) is 15.6. The zero-order valence-corrected chi connectivity index (χ0v) is 25.1. The second-order valence-electron chi connectivity index (χ2n) is 8.89. The number of anilines is 3. The van der Waals surface area contributed by atoms with Crippen molar-refractivity contribution < 1.29 is 28.6 Å². The van der Waals surface area contributed by atoms with Crippen molar-refractivity contribution in [3.63, 3.8) is 0 Å².